The average molecular weight is 296 g/mol. The fourth-order valence-corrected chi connectivity index (χ4v) is 1.48. The highest BCUT2D eigenvalue weighted by molar-refractivity contribution is 5.86. The maximum atomic E-state index is 13.2. The van der Waals surface area contributed by atoms with Crippen LogP contribution in [0.2, 0.25) is 0 Å². The van der Waals surface area contributed by atoms with Crippen LogP contribution in [-0.4, -0.2) is 49.1 Å². The molecule has 0 fully saturated rings. The Morgan fingerprint density at radius 1 is 1.38 bits per heavy atom. The van der Waals surface area contributed by atoms with E-state index in [1.54, 1.807) is 20.2 Å². The van der Waals surface area contributed by atoms with E-state index in [9.17, 15) is 9.18 Å². The molecule has 0 aliphatic carbocycles. The zero-order valence-electron chi connectivity index (χ0n) is 12.5. The second-order valence-corrected chi connectivity index (χ2v) is 4.62. The number of likely N-dealkylation sites (N-methyl/N-ethyl adjacent to an activating group) is 1. The lowest BCUT2D eigenvalue weighted by molar-refractivity contribution is -0.127. The van der Waals surface area contributed by atoms with E-state index in [0.717, 1.165) is 0 Å². The summed E-state index contributed by atoms with van der Waals surface area (Å²) in [6.07, 6.45) is 0. The third kappa shape index (κ3) is 5.68. The highest BCUT2D eigenvalue weighted by Crippen LogP contribution is 2.16. The molecule has 1 aromatic rings. The van der Waals surface area contributed by atoms with Crippen LogP contribution in [0.15, 0.2) is 23.2 Å². The number of guanidine groups is 1. The van der Waals surface area contributed by atoms with Crippen molar-refractivity contribution < 1.29 is 14.3 Å². The number of benzene rings is 1. The summed E-state index contributed by atoms with van der Waals surface area (Å²) in [5.74, 6) is -0.662. The predicted molar refractivity (Wildman–Crippen MR) is 79.6 cm³/mol. The second kappa shape index (κ2) is 8.08. The van der Waals surface area contributed by atoms with E-state index >= 15 is 0 Å². The van der Waals surface area contributed by atoms with Gasteiger partial charge < -0.3 is 20.6 Å². The first-order chi connectivity index (χ1) is 9.93. The molecule has 0 aliphatic heterocycles. The van der Waals surface area contributed by atoms with Gasteiger partial charge in [0.15, 0.2) is 17.5 Å². The summed E-state index contributed by atoms with van der Waals surface area (Å²) >= 11 is 0. The molecule has 1 aromatic carbocycles. The number of hydrogen-bond acceptors (Lipinski definition) is 3. The van der Waals surface area contributed by atoms with E-state index in [0.29, 0.717) is 18.1 Å². The first-order valence-corrected chi connectivity index (χ1v) is 6.63. The Morgan fingerprint density at radius 3 is 2.67 bits per heavy atom. The van der Waals surface area contributed by atoms with E-state index in [1.165, 1.54) is 17.0 Å². The van der Waals surface area contributed by atoms with Crippen molar-refractivity contribution in [3.05, 3.63) is 29.6 Å². The van der Waals surface area contributed by atoms with Crippen molar-refractivity contribution in [2.45, 2.75) is 13.5 Å². The van der Waals surface area contributed by atoms with E-state index < -0.39 is 5.82 Å². The quantitative estimate of drug-likeness (QED) is 0.551. The first kappa shape index (κ1) is 16.7. The molecular weight excluding hydrogens is 275 g/mol. The molecule has 0 saturated heterocycles. The van der Waals surface area contributed by atoms with E-state index in [-0.39, 0.29) is 24.7 Å². The maximum absolute atomic E-state index is 13.2. The summed E-state index contributed by atoms with van der Waals surface area (Å²) in [5, 5.41) is 15.0. The Labute approximate surface area is 123 Å². The van der Waals surface area contributed by atoms with E-state index in [1.807, 2.05) is 6.92 Å². The third-order valence-electron chi connectivity index (χ3n) is 2.68. The lowest BCUT2D eigenvalue weighted by atomic mass is 10.2. The molecule has 0 bridgehead atoms. The minimum atomic E-state index is -0.677. The number of hydrogen-bond donors (Lipinski definition) is 3. The standard InChI is InChI=1S/C14H21FN4O2/c1-4-16-14(18-9-13(21)19(2)3)17-8-10-5-6-12(20)11(15)7-10/h5-7,20H,4,8-9H2,1-3H3,(H2,16,17,18). The van der Waals surface area contributed by atoms with Gasteiger partial charge >= 0.3 is 0 Å². The highest BCUT2D eigenvalue weighted by Gasteiger charge is 2.06. The molecule has 0 unspecified atom stereocenters. The summed E-state index contributed by atoms with van der Waals surface area (Å²) in [7, 11) is 3.35. The normalized spacial score (nSPS) is 11.1. The van der Waals surface area contributed by atoms with Crippen molar-refractivity contribution in [1.82, 2.24) is 15.5 Å². The van der Waals surface area contributed by atoms with Gasteiger partial charge in [0.2, 0.25) is 5.91 Å². The monoisotopic (exact) mass is 296 g/mol. The van der Waals surface area contributed by atoms with Gasteiger partial charge in [-0.15, -0.1) is 0 Å². The molecular formula is C14H21FN4O2. The van der Waals surface area contributed by atoms with Crippen molar-refractivity contribution in [2.75, 3.05) is 27.2 Å². The van der Waals surface area contributed by atoms with Crippen LogP contribution in [0.5, 0.6) is 5.75 Å². The van der Waals surface area contributed by atoms with Gasteiger partial charge in [0.05, 0.1) is 13.1 Å². The smallest absolute Gasteiger partial charge is 0.241 e. The summed E-state index contributed by atoms with van der Waals surface area (Å²) in [4.78, 5) is 17.3. The van der Waals surface area contributed by atoms with Crippen molar-refractivity contribution in [3.8, 4) is 5.75 Å². The SMILES string of the molecule is CCNC(=NCc1ccc(O)c(F)c1)NCC(=O)N(C)C. The Bertz CT molecular complexity index is 518. The number of carbonyl (C=O) groups is 1. The minimum absolute atomic E-state index is 0.0729. The van der Waals surface area contributed by atoms with E-state index in [2.05, 4.69) is 15.6 Å². The van der Waals surface area contributed by atoms with Gasteiger partial charge in [-0.2, -0.15) is 0 Å². The van der Waals surface area contributed by atoms with Crippen molar-refractivity contribution in [1.29, 1.82) is 0 Å². The number of rotatable bonds is 5. The summed E-state index contributed by atoms with van der Waals surface area (Å²) in [5.41, 5.74) is 0.626. The van der Waals surface area contributed by atoms with Gasteiger partial charge in [0.25, 0.3) is 0 Å². The number of aliphatic imine (C=N–C) groups is 1. The highest BCUT2D eigenvalue weighted by atomic mass is 19.1. The van der Waals surface area contributed by atoms with Gasteiger partial charge in [-0.1, -0.05) is 6.07 Å². The molecule has 7 heteroatoms. The van der Waals surface area contributed by atoms with Crippen LogP contribution in [0.3, 0.4) is 0 Å². The molecule has 1 rings (SSSR count). The third-order valence-corrected chi connectivity index (χ3v) is 2.68. The average Bonchev–Trinajstić information content (AvgIpc) is 2.45. The largest absolute Gasteiger partial charge is 0.505 e. The first-order valence-electron chi connectivity index (χ1n) is 6.63. The fraction of sp³-hybridized carbons (Fsp3) is 0.429. The summed E-state index contributed by atoms with van der Waals surface area (Å²) in [6.45, 7) is 2.92. The number of aromatic hydroxyl groups is 1. The van der Waals surface area contributed by atoms with Gasteiger partial charge in [0, 0.05) is 20.6 Å². The maximum Gasteiger partial charge on any atom is 0.241 e. The predicted octanol–water partition coefficient (Wildman–Crippen LogP) is 0.675. The van der Waals surface area contributed by atoms with Crippen LogP contribution in [0.1, 0.15) is 12.5 Å². The molecule has 21 heavy (non-hydrogen) atoms. The summed E-state index contributed by atoms with van der Waals surface area (Å²) in [6, 6.07) is 4.11. The lowest BCUT2D eigenvalue weighted by Crippen LogP contribution is -2.42. The minimum Gasteiger partial charge on any atom is -0.505 e. The van der Waals surface area contributed by atoms with Gasteiger partial charge in [-0.05, 0) is 24.6 Å². The fourth-order valence-electron chi connectivity index (χ4n) is 1.48. The molecule has 0 saturated carbocycles. The molecule has 0 aromatic heterocycles. The van der Waals surface area contributed by atoms with Crippen LogP contribution >= 0.6 is 0 Å². The van der Waals surface area contributed by atoms with Crippen LogP contribution in [0, 0.1) is 5.82 Å². The molecule has 116 valence electrons. The van der Waals surface area contributed by atoms with Crippen LogP contribution in [0.25, 0.3) is 0 Å². The Hall–Kier alpha value is -2.31. The lowest BCUT2D eigenvalue weighted by Gasteiger charge is -2.14. The summed E-state index contributed by atoms with van der Waals surface area (Å²) < 4.78 is 13.2. The zero-order chi connectivity index (χ0) is 15.8. The Kier molecular flexibility index (Phi) is 6.45. The topological polar surface area (TPSA) is 77.0 Å². The number of halogens is 1. The number of amides is 1. The molecule has 0 atom stereocenters. The van der Waals surface area contributed by atoms with Crippen molar-refractivity contribution in [3.63, 3.8) is 0 Å². The molecule has 1 amide bonds. The number of carbonyl (C=O) groups excluding carboxylic acids is 1. The Balaban J connectivity index is 2.66. The van der Waals surface area contributed by atoms with Crippen LogP contribution < -0.4 is 10.6 Å². The zero-order valence-corrected chi connectivity index (χ0v) is 12.5. The molecule has 0 radical (unpaired) electrons. The molecule has 3 N–H and O–H groups in total. The van der Waals surface area contributed by atoms with Gasteiger partial charge in [0.1, 0.15) is 0 Å². The number of phenols is 1. The molecule has 0 spiro atoms. The van der Waals surface area contributed by atoms with Gasteiger partial charge in [-0.3, -0.25) is 4.79 Å². The number of nitrogens with one attached hydrogen (secondary N) is 2. The number of phenolic OH excluding ortho intramolecular Hbond substituents is 1. The number of nitrogens with zero attached hydrogens (tertiary/aromatic N) is 2. The van der Waals surface area contributed by atoms with Crippen LogP contribution in [0.4, 0.5) is 4.39 Å². The van der Waals surface area contributed by atoms with Crippen LogP contribution in [-0.2, 0) is 11.3 Å². The van der Waals surface area contributed by atoms with Gasteiger partial charge in [-0.25, -0.2) is 9.38 Å². The van der Waals surface area contributed by atoms with Crippen molar-refractivity contribution in [2.24, 2.45) is 4.99 Å². The van der Waals surface area contributed by atoms with E-state index in [4.69, 9.17) is 5.11 Å². The molecule has 0 heterocycles. The Morgan fingerprint density at radius 2 is 2.10 bits per heavy atom. The molecule has 6 nitrogen and oxygen atoms in total. The second-order valence-electron chi connectivity index (χ2n) is 4.62. The molecule has 0 aliphatic rings. The van der Waals surface area contributed by atoms with Crippen molar-refractivity contribution >= 4 is 11.9 Å².